The molecule has 70 heavy (non-hydrogen) atoms. The van der Waals surface area contributed by atoms with E-state index in [-0.39, 0.29) is 21.1 Å². The molecule has 0 unspecified atom stereocenters. The second-order valence-corrected chi connectivity index (χ2v) is 17.5. The first-order valence-corrected chi connectivity index (χ1v) is 23.0. The van der Waals surface area contributed by atoms with Gasteiger partial charge in [0.25, 0.3) is 0 Å². The van der Waals surface area contributed by atoms with Gasteiger partial charge in [0.15, 0.2) is 0 Å². The first kappa shape index (κ1) is 41.7. The van der Waals surface area contributed by atoms with Gasteiger partial charge >= 0.3 is 0 Å². The molecule has 0 amide bonds. The molecule has 1 aliphatic heterocycles. The quantitative estimate of drug-likeness (QED) is 0.149. The molecule has 14 rings (SSSR count). The number of halogens is 1. The number of benzene rings is 9. The number of nitrogens with zero attached hydrogens (tertiary/aromatic N) is 6. The van der Waals surface area contributed by atoms with Gasteiger partial charge in [-0.25, -0.2) is 9.37 Å². The molecular weight excluding hydrogens is 1050 g/mol. The monoisotopic (exact) mass is 1080 g/mol. The summed E-state index contributed by atoms with van der Waals surface area (Å²) in [4.78, 5) is 9.37. The minimum absolute atomic E-state index is 0. The van der Waals surface area contributed by atoms with E-state index in [9.17, 15) is 0 Å². The van der Waals surface area contributed by atoms with Crippen LogP contribution in [0.25, 0.3) is 93.7 Å². The number of aromatic nitrogens is 4. The molecule has 0 atom stereocenters. The molecule has 0 saturated carbocycles. The van der Waals surface area contributed by atoms with Crippen molar-refractivity contribution >= 4 is 82.5 Å². The topological polar surface area (TPSA) is 43.4 Å². The SMILES string of the molecule is CN1[CH-]N(c2[c-]c(Oc3[c-]c4c(cc3)c3ccccc3n4-c3cc(F)c(-c4c(-n5c6ccccc6c6ccccc65)cccc4-n4c5ccccc5c5ccccc54)cn3)ccc2)c2ccccc21.[Pt]. The van der Waals surface area contributed by atoms with E-state index in [1.165, 1.54) is 0 Å². The van der Waals surface area contributed by atoms with Crippen molar-refractivity contribution in [3.05, 3.63) is 231 Å². The van der Waals surface area contributed by atoms with E-state index >= 15 is 4.39 Å². The van der Waals surface area contributed by atoms with Crippen molar-refractivity contribution in [3.8, 4) is 39.8 Å². The average Bonchev–Trinajstić information content (AvgIpc) is 4.12. The van der Waals surface area contributed by atoms with Gasteiger partial charge in [0.05, 0.1) is 33.4 Å². The molecule has 338 valence electrons. The van der Waals surface area contributed by atoms with E-state index in [0.717, 1.165) is 93.9 Å². The van der Waals surface area contributed by atoms with E-state index in [1.54, 1.807) is 12.3 Å². The van der Waals surface area contributed by atoms with Gasteiger partial charge in [0.1, 0.15) is 11.6 Å². The minimum atomic E-state index is -0.411. The Bertz CT molecular complexity index is 3990. The van der Waals surface area contributed by atoms with Crippen LogP contribution in [0.4, 0.5) is 21.5 Å². The van der Waals surface area contributed by atoms with Crippen molar-refractivity contribution in [2.75, 3.05) is 16.8 Å². The molecule has 5 heterocycles. The van der Waals surface area contributed by atoms with Crippen LogP contribution in [-0.4, -0.2) is 25.7 Å². The van der Waals surface area contributed by atoms with Crippen LogP contribution in [-0.2, 0) is 21.1 Å². The molecule has 4 aromatic heterocycles. The third-order valence-corrected chi connectivity index (χ3v) is 13.6. The number of fused-ring (bicyclic) bond motifs is 10. The summed E-state index contributed by atoms with van der Waals surface area (Å²) in [6, 6.07) is 74.7. The van der Waals surface area contributed by atoms with Crippen LogP contribution in [0, 0.1) is 24.6 Å². The van der Waals surface area contributed by atoms with Gasteiger partial charge in [0.2, 0.25) is 0 Å². The van der Waals surface area contributed by atoms with Crippen molar-refractivity contribution in [2.45, 2.75) is 0 Å². The normalized spacial score (nSPS) is 12.5. The predicted molar refractivity (Wildman–Crippen MR) is 278 cm³/mol. The zero-order chi connectivity index (χ0) is 45.7. The van der Waals surface area contributed by atoms with E-state index < -0.39 is 5.82 Å². The second-order valence-electron chi connectivity index (χ2n) is 17.5. The van der Waals surface area contributed by atoms with Crippen LogP contribution in [0.5, 0.6) is 11.5 Å². The summed E-state index contributed by atoms with van der Waals surface area (Å²) in [5.41, 5.74) is 11.5. The van der Waals surface area contributed by atoms with Gasteiger partial charge in [-0.15, -0.1) is 41.4 Å². The first-order chi connectivity index (χ1) is 34.1. The number of ether oxygens (including phenoxy) is 1. The van der Waals surface area contributed by atoms with Crippen LogP contribution in [0.3, 0.4) is 0 Å². The Morgan fingerprint density at radius 2 is 0.943 bits per heavy atom. The Balaban J connectivity index is 0.00000480. The average molecular weight is 1090 g/mol. The maximum absolute atomic E-state index is 18.0. The molecule has 0 aliphatic carbocycles. The first-order valence-electron chi connectivity index (χ1n) is 23.0. The zero-order valence-corrected chi connectivity index (χ0v) is 39.8. The molecule has 9 heteroatoms. The number of hydrogen-bond donors (Lipinski definition) is 0. The Kier molecular flexibility index (Phi) is 9.75. The molecular formula is C61H38FN6OPt-3. The number of pyridine rings is 1. The fraction of sp³-hybridized carbons (Fsp3) is 0.0164. The standard InChI is InChI=1S/C61H38FN6O.Pt/c1-64-38-65(56-29-13-12-28-55(56)64)39-16-14-17-40(34-39)69-41-32-33-47-46-22-6-11-27-54(46)68(59(47)35-41)60-36-49(62)48(37-63-60)61-57(66-50-23-7-2-18-42(50)43-19-3-8-24-51(43)66)30-15-31-58(61)67-52-25-9-4-20-44(52)45-21-5-10-26-53(45)67;/h2-33,36-38H,1H3;/q-3;. The maximum atomic E-state index is 18.0. The number of anilines is 3. The van der Waals surface area contributed by atoms with E-state index in [2.05, 4.69) is 165 Å². The smallest absolute Gasteiger partial charge is 0.138 e. The predicted octanol–water partition coefficient (Wildman–Crippen LogP) is 15.3. The third kappa shape index (κ3) is 6.33. The van der Waals surface area contributed by atoms with Crippen molar-refractivity contribution in [1.82, 2.24) is 18.7 Å². The maximum Gasteiger partial charge on any atom is 0.138 e. The molecule has 7 nitrogen and oxygen atoms in total. The zero-order valence-electron chi connectivity index (χ0n) is 37.5. The Morgan fingerprint density at radius 3 is 1.51 bits per heavy atom. The molecule has 0 bridgehead atoms. The minimum Gasteiger partial charge on any atom is -0.509 e. The molecule has 13 aromatic rings. The van der Waals surface area contributed by atoms with Crippen LogP contribution < -0.4 is 14.5 Å². The van der Waals surface area contributed by atoms with Crippen LogP contribution >= 0.6 is 0 Å². The molecule has 0 radical (unpaired) electrons. The van der Waals surface area contributed by atoms with Gasteiger partial charge in [0, 0.05) is 94.4 Å². The molecule has 9 aromatic carbocycles. The molecule has 0 N–H and O–H groups in total. The Morgan fingerprint density at radius 1 is 0.471 bits per heavy atom. The number of hydrogen-bond acceptors (Lipinski definition) is 4. The summed E-state index contributed by atoms with van der Waals surface area (Å²) < 4.78 is 31.0. The van der Waals surface area contributed by atoms with E-state index in [4.69, 9.17) is 9.72 Å². The van der Waals surface area contributed by atoms with Crippen LogP contribution in [0.15, 0.2) is 206 Å². The summed E-state index contributed by atoms with van der Waals surface area (Å²) in [5, 5.41) is 6.42. The van der Waals surface area contributed by atoms with Gasteiger partial charge in [-0.05, 0) is 67.0 Å². The van der Waals surface area contributed by atoms with E-state index in [0.29, 0.717) is 28.4 Å². The van der Waals surface area contributed by atoms with Crippen LogP contribution in [0.1, 0.15) is 0 Å². The summed E-state index contributed by atoms with van der Waals surface area (Å²) >= 11 is 0. The van der Waals surface area contributed by atoms with Crippen molar-refractivity contribution in [1.29, 1.82) is 0 Å². The number of para-hydroxylation sites is 7. The van der Waals surface area contributed by atoms with Gasteiger partial charge in [-0.1, -0.05) is 115 Å². The van der Waals surface area contributed by atoms with Gasteiger partial charge < -0.3 is 28.2 Å². The molecule has 0 fully saturated rings. The summed E-state index contributed by atoms with van der Waals surface area (Å²) in [7, 11) is 2.03. The second kappa shape index (κ2) is 16.4. The largest absolute Gasteiger partial charge is 0.509 e. The van der Waals surface area contributed by atoms with Gasteiger partial charge in [-0.3, -0.25) is 0 Å². The Hall–Kier alpha value is -8.45. The van der Waals surface area contributed by atoms with Gasteiger partial charge in [-0.2, -0.15) is 18.8 Å². The summed E-state index contributed by atoms with van der Waals surface area (Å²) in [6.45, 7) is 2.04. The van der Waals surface area contributed by atoms with Crippen molar-refractivity contribution < 1.29 is 30.2 Å². The molecule has 0 spiro atoms. The summed E-state index contributed by atoms with van der Waals surface area (Å²) in [6.07, 6.45) is 1.70. The Labute approximate surface area is 416 Å². The van der Waals surface area contributed by atoms with Crippen molar-refractivity contribution in [3.63, 3.8) is 0 Å². The van der Waals surface area contributed by atoms with Crippen molar-refractivity contribution in [2.24, 2.45) is 0 Å². The number of rotatable bonds is 7. The fourth-order valence-electron chi connectivity index (χ4n) is 10.7. The third-order valence-electron chi connectivity index (χ3n) is 13.6. The van der Waals surface area contributed by atoms with E-state index in [1.807, 2.05) is 78.9 Å². The summed E-state index contributed by atoms with van der Waals surface area (Å²) in [5.74, 6) is 1.05. The van der Waals surface area contributed by atoms with Crippen LogP contribution in [0.2, 0.25) is 0 Å². The fourth-order valence-corrected chi connectivity index (χ4v) is 10.7. The molecule has 0 saturated heterocycles. The molecule has 1 aliphatic rings.